The Bertz CT molecular complexity index is 1730. The Morgan fingerprint density at radius 1 is 0.830 bits per heavy atom. The second kappa shape index (κ2) is 18.8. The Hall–Kier alpha value is -5.93. The fourth-order valence-electron chi connectivity index (χ4n) is 4.54. The third kappa shape index (κ3) is 11.5. The number of carbonyl (C=O) groups is 2. The molecule has 0 saturated carbocycles. The minimum absolute atomic E-state index is 0.147. The van der Waals surface area contributed by atoms with E-state index < -0.39 is 5.97 Å². The number of methoxy groups -OCH3 is 1. The van der Waals surface area contributed by atoms with Gasteiger partial charge in [0.1, 0.15) is 12.9 Å². The number of pyridine rings is 3. The number of ether oxygens (including phenoxy) is 2. The number of aromatic nitrogens is 3. The van der Waals surface area contributed by atoms with E-state index >= 15 is 0 Å². The van der Waals surface area contributed by atoms with Crippen LogP contribution in [0.15, 0.2) is 128 Å². The molecule has 0 amide bonds. The number of carboxylic acid groups (broad SMARTS) is 1. The summed E-state index contributed by atoms with van der Waals surface area (Å²) in [5.74, 6) is 0.617. The van der Waals surface area contributed by atoms with E-state index in [4.69, 9.17) is 14.6 Å². The van der Waals surface area contributed by atoms with Crippen molar-refractivity contribution in [1.29, 1.82) is 0 Å². The van der Waals surface area contributed by atoms with Crippen LogP contribution >= 0.6 is 0 Å². The molecule has 0 bridgehead atoms. The lowest BCUT2D eigenvalue weighted by Crippen LogP contribution is -2.28. The monoisotopic (exact) mass is 628 g/mol. The Balaban J connectivity index is 0.000000214. The van der Waals surface area contributed by atoms with E-state index in [2.05, 4.69) is 56.7 Å². The van der Waals surface area contributed by atoms with Crippen LogP contribution in [-0.2, 0) is 17.8 Å². The van der Waals surface area contributed by atoms with Gasteiger partial charge in [0.25, 0.3) is 0 Å². The number of carboxylic acids is 1. The van der Waals surface area contributed by atoms with Crippen molar-refractivity contribution < 1.29 is 24.2 Å². The predicted octanol–water partition coefficient (Wildman–Crippen LogP) is 6.64. The van der Waals surface area contributed by atoms with Crippen LogP contribution in [0.2, 0.25) is 0 Å². The Kier molecular flexibility index (Phi) is 13.6. The zero-order valence-corrected chi connectivity index (χ0v) is 26.0. The lowest BCUT2D eigenvalue weighted by molar-refractivity contribution is -0.131. The van der Waals surface area contributed by atoms with Crippen LogP contribution in [-0.4, -0.2) is 46.0 Å². The molecule has 0 radical (unpaired) electrons. The summed E-state index contributed by atoms with van der Waals surface area (Å²) >= 11 is 0. The van der Waals surface area contributed by atoms with Crippen LogP contribution in [0.25, 0.3) is 12.2 Å². The third-order valence-electron chi connectivity index (χ3n) is 6.91. The van der Waals surface area contributed by atoms with Crippen LogP contribution in [0, 0.1) is 0 Å². The number of nitrogens with zero attached hydrogens (tertiary/aromatic N) is 3. The van der Waals surface area contributed by atoms with Crippen LogP contribution in [0.5, 0.6) is 11.5 Å². The third-order valence-corrected chi connectivity index (χ3v) is 6.91. The van der Waals surface area contributed by atoms with Gasteiger partial charge in [-0.1, -0.05) is 42.5 Å². The highest BCUT2D eigenvalue weighted by atomic mass is 16.5. The zero-order chi connectivity index (χ0) is 33.1. The maximum Gasteiger partial charge on any atom is 0.328 e. The molecule has 0 fully saturated rings. The Morgan fingerprint density at radius 2 is 1.43 bits per heavy atom. The summed E-state index contributed by atoms with van der Waals surface area (Å²) in [6, 6.07) is 25.4. The average molecular weight is 629 g/mol. The molecule has 0 saturated heterocycles. The molecule has 3 aromatic heterocycles. The van der Waals surface area contributed by atoms with Gasteiger partial charge in [0, 0.05) is 55.4 Å². The maximum absolute atomic E-state index is 10.1. The minimum atomic E-state index is -0.943. The molecular formula is C38H36N4O5. The normalized spacial score (nSPS) is 13.3. The first-order chi connectivity index (χ1) is 23.1. The average Bonchev–Trinajstić information content (AvgIpc) is 3.14. The predicted molar refractivity (Wildman–Crippen MR) is 182 cm³/mol. The molecule has 1 aliphatic heterocycles. The largest absolute Gasteiger partial charge is 0.493 e. The second-order valence-corrected chi connectivity index (χ2v) is 10.1. The fraction of sp³-hybridized carbons (Fsp3) is 0.132. The number of aldehydes is 1. The summed E-state index contributed by atoms with van der Waals surface area (Å²) in [6.07, 6.45) is 18.7. The van der Waals surface area contributed by atoms with Gasteiger partial charge in [-0.15, -0.1) is 0 Å². The summed E-state index contributed by atoms with van der Waals surface area (Å²) in [5, 5.41) is 11.8. The highest BCUT2D eigenvalue weighted by Crippen LogP contribution is 2.36. The molecule has 0 aliphatic carbocycles. The van der Waals surface area contributed by atoms with Gasteiger partial charge in [-0.25, -0.2) is 4.79 Å². The van der Waals surface area contributed by atoms with Gasteiger partial charge in [0.2, 0.25) is 0 Å². The smallest absolute Gasteiger partial charge is 0.328 e. The van der Waals surface area contributed by atoms with Crippen molar-refractivity contribution in [3.63, 3.8) is 0 Å². The van der Waals surface area contributed by atoms with Crippen LogP contribution in [0.4, 0.5) is 0 Å². The van der Waals surface area contributed by atoms with Gasteiger partial charge in [-0.3, -0.25) is 19.7 Å². The highest BCUT2D eigenvalue weighted by Gasteiger charge is 2.21. The number of benzene rings is 2. The first-order valence-corrected chi connectivity index (χ1v) is 14.9. The Morgan fingerprint density at radius 3 is 1.98 bits per heavy atom. The van der Waals surface area contributed by atoms with Gasteiger partial charge < -0.3 is 19.9 Å². The maximum atomic E-state index is 10.1. The standard InChI is InChI=1S/C24H24N2O2.C8H7NO2.C6H5NO/c1-27-23-16-21-20(15-24(23)28-17-19-5-3-2-4-6-19)11-14-26-22(21)8-7-18-9-12-25-13-10-18;10-8(11)2-1-7-3-5-9-6-4-7;8-5-6-1-3-7-4-2-6/h2-10,12-13,15-16,22,26H,11,14,17H2,1H3;1-6H,(H,10,11);1-5H/b8-7+;2-1+;. The number of carbonyl (C=O) groups excluding carboxylic acids is 1. The molecule has 1 atom stereocenters. The van der Waals surface area contributed by atoms with E-state index in [1.807, 2.05) is 30.3 Å². The summed E-state index contributed by atoms with van der Waals surface area (Å²) in [6.45, 7) is 1.46. The van der Waals surface area contributed by atoms with E-state index in [1.54, 1.807) is 68.6 Å². The molecule has 2 N–H and O–H groups in total. The summed E-state index contributed by atoms with van der Waals surface area (Å²) in [5.41, 5.74) is 6.32. The van der Waals surface area contributed by atoms with E-state index in [-0.39, 0.29) is 6.04 Å². The molecular weight excluding hydrogens is 592 g/mol. The van der Waals surface area contributed by atoms with Crippen molar-refractivity contribution in [3.05, 3.63) is 162 Å². The van der Waals surface area contributed by atoms with Gasteiger partial charge in [0.05, 0.1) is 13.2 Å². The van der Waals surface area contributed by atoms with Crippen LogP contribution in [0.1, 0.15) is 44.2 Å². The van der Waals surface area contributed by atoms with Crippen molar-refractivity contribution in [2.45, 2.75) is 19.1 Å². The quantitative estimate of drug-likeness (QED) is 0.137. The number of nitrogens with one attached hydrogen (secondary N) is 1. The molecule has 9 nitrogen and oxygen atoms in total. The summed E-state index contributed by atoms with van der Waals surface area (Å²) < 4.78 is 11.7. The zero-order valence-electron chi connectivity index (χ0n) is 26.0. The van der Waals surface area contributed by atoms with Gasteiger partial charge in [-0.2, -0.15) is 0 Å². The topological polar surface area (TPSA) is 124 Å². The number of hydrogen-bond acceptors (Lipinski definition) is 8. The fourth-order valence-corrected chi connectivity index (χ4v) is 4.54. The van der Waals surface area contributed by atoms with Crippen LogP contribution < -0.4 is 14.8 Å². The van der Waals surface area contributed by atoms with E-state index in [9.17, 15) is 9.59 Å². The number of aliphatic carboxylic acids is 1. The van der Waals surface area contributed by atoms with Crippen LogP contribution in [0.3, 0.4) is 0 Å². The SMILES string of the molecule is COc1cc2c(cc1OCc1ccccc1)CCNC2/C=C/c1ccncc1.O=C(O)/C=C/c1ccncc1.O=Cc1ccncc1. The number of rotatable bonds is 9. The van der Waals surface area contributed by atoms with Gasteiger partial charge >= 0.3 is 5.97 Å². The number of hydrogen-bond donors (Lipinski definition) is 2. The molecule has 238 valence electrons. The molecule has 0 spiro atoms. The highest BCUT2D eigenvalue weighted by molar-refractivity contribution is 5.85. The van der Waals surface area contributed by atoms with Crippen molar-refractivity contribution in [3.8, 4) is 11.5 Å². The first-order valence-electron chi connectivity index (χ1n) is 14.9. The molecule has 1 aliphatic rings. The molecule has 1 unspecified atom stereocenters. The molecule has 9 heteroatoms. The Labute approximate surface area is 274 Å². The van der Waals surface area contributed by atoms with Crippen molar-refractivity contribution in [2.75, 3.05) is 13.7 Å². The molecule has 5 aromatic rings. The molecule has 2 aromatic carbocycles. The van der Waals surface area contributed by atoms with Crippen molar-refractivity contribution in [2.24, 2.45) is 0 Å². The van der Waals surface area contributed by atoms with Crippen molar-refractivity contribution in [1.82, 2.24) is 20.3 Å². The molecule has 6 rings (SSSR count). The summed E-state index contributed by atoms with van der Waals surface area (Å²) in [4.78, 5) is 31.6. The summed E-state index contributed by atoms with van der Waals surface area (Å²) in [7, 11) is 1.69. The second-order valence-electron chi connectivity index (χ2n) is 10.1. The van der Waals surface area contributed by atoms with Crippen molar-refractivity contribution >= 4 is 24.4 Å². The van der Waals surface area contributed by atoms with Gasteiger partial charge in [-0.05, 0) is 88.8 Å². The van der Waals surface area contributed by atoms with E-state index in [1.165, 1.54) is 17.2 Å². The molecule has 4 heterocycles. The lowest BCUT2D eigenvalue weighted by atomic mass is 9.93. The lowest BCUT2D eigenvalue weighted by Gasteiger charge is -2.26. The molecule has 47 heavy (non-hydrogen) atoms. The first kappa shape index (κ1) is 34.0. The van der Waals surface area contributed by atoms with Gasteiger partial charge in [0.15, 0.2) is 11.5 Å². The van der Waals surface area contributed by atoms with E-state index in [0.717, 1.165) is 53.5 Å². The van der Waals surface area contributed by atoms with E-state index in [0.29, 0.717) is 12.2 Å². The minimum Gasteiger partial charge on any atom is -0.493 e. The number of fused-ring (bicyclic) bond motifs is 1.